The lowest BCUT2D eigenvalue weighted by Crippen LogP contribution is -2.48. The van der Waals surface area contributed by atoms with Crippen LogP contribution >= 0.6 is 0 Å². The number of nitrogens with two attached hydrogens (primary N) is 1. The molecule has 2 atom stereocenters. The van der Waals surface area contributed by atoms with Gasteiger partial charge in [-0.2, -0.15) is 0 Å². The fourth-order valence-electron chi connectivity index (χ4n) is 2.46. The summed E-state index contributed by atoms with van der Waals surface area (Å²) in [6.45, 7) is 2.82. The van der Waals surface area contributed by atoms with Gasteiger partial charge in [-0.25, -0.2) is 4.39 Å². The van der Waals surface area contributed by atoms with Crippen LogP contribution in [0.3, 0.4) is 0 Å². The first-order chi connectivity index (χ1) is 8.15. The predicted molar refractivity (Wildman–Crippen MR) is 64.7 cm³/mol. The van der Waals surface area contributed by atoms with E-state index in [0.29, 0.717) is 0 Å². The van der Waals surface area contributed by atoms with Crippen LogP contribution in [0.15, 0.2) is 24.3 Å². The van der Waals surface area contributed by atoms with Crippen LogP contribution in [0.2, 0.25) is 0 Å². The Morgan fingerprint density at radius 3 is 2.59 bits per heavy atom. The van der Waals surface area contributed by atoms with Crippen molar-refractivity contribution in [1.82, 2.24) is 5.43 Å². The zero-order chi connectivity index (χ0) is 12.3. The van der Waals surface area contributed by atoms with Crippen molar-refractivity contribution in [1.29, 1.82) is 0 Å². The van der Waals surface area contributed by atoms with Gasteiger partial charge in [-0.3, -0.25) is 11.3 Å². The van der Waals surface area contributed by atoms with Gasteiger partial charge in [0.15, 0.2) is 0 Å². The maximum Gasteiger partial charge on any atom is 0.123 e. The lowest BCUT2D eigenvalue weighted by molar-refractivity contribution is -0.0899. The third kappa shape index (κ3) is 2.65. The van der Waals surface area contributed by atoms with Crippen molar-refractivity contribution in [3.63, 3.8) is 0 Å². The number of benzene rings is 1. The molecule has 1 fully saturated rings. The van der Waals surface area contributed by atoms with Crippen LogP contribution in [-0.2, 0) is 4.74 Å². The Hall–Kier alpha value is -0.970. The highest BCUT2D eigenvalue weighted by Gasteiger charge is 2.37. The average Bonchev–Trinajstić information content (AvgIpc) is 2.33. The Morgan fingerprint density at radius 1 is 1.35 bits per heavy atom. The van der Waals surface area contributed by atoms with Gasteiger partial charge in [-0.1, -0.05) is 12.1 Å². The molecule has 1 aliphatic rings. The summed E-state index contributed by atoms with van der Waals surface area (Å²) in [5, 5.41) is 0. The summed E-state index contributed by atoms with van der Waals surface area (Å²) in [5.41, 5.74) is 3.44. The van der Waals surface area contributed by atoms with E-state index in [4.69, 9.17) is 10.6 Å². The Labute approximate surface area is 101 Å². The number of hydrazine groups is 1. The highest BCUT2D eigenvalue weighted by atomic mass is 19.1. The molecule has 4 heteroatoms. The molecule has 1 aliphatic heterocycles. The predicted octanol–water partition coefficient (Wildman–Crippen LogP) is 2.29. The summed E-state index contributed by atoms with van der Waals surface area (Å²) in [6, 6.07) is 6.30. The van der Waals surface area contributed by atoms with Crippen molar-refractivity contribution in [3.8, 4) is 0 Å². The van der Waals surface area contributed by atoms with Crippen molar-refractivity contribution in [3.05, 3.63) is 35.6 Å². The summed E-state index contributed by atoms with van der Waals surface area (Å²) in [5.74, 6) is 5.40. The molecule has 0 spiro atoms. The number of hydrogen-bond donors (Lipinski definition) is 2. The molecule has 1 aromatic carbocycles. The third-order valence-electron chi connectivity index (χ3n) is 3.48. The molecule has 3 nitrogen and oxygen atoms in total. The van der Waals surface area contributed by atoms with Gasteiger partial charge in [-0.15, -0.1) is 0 Å². The topological polar surface area (TPSA) is 47.3 Å². The first-order valence-corrected chi connectivity index (χ1v) is 6.01. The van der Waals surface area contributed by atoms with Gasteiger partial charge in [0.25, 0.3) is 0 Å². The molecule has 0 amide bonds. The first kappa shape index (κ1) is 12.5. The molecule has 2 unspecified atom stereocenters. The van der Waals surface area contributed by atoms with Crippen molar-refractivity contribution >= 4 is 0 Å². The van der Waals surface area contributed by atoms with E-state index in [1.807, 2.05) is 0 Å². The molecule has 17 heavy (non-hydrogen) atoms. The molecule has 94 valence electrons. The second-order valence-corrected chi connectivity index (χ2v) is 4.77. The van der Waals surface area contributed by atoms with E-state index < -0.39 is 0 Å². The average molecular weight is 238 g/mol. The van der Waals surface area contributed by atoms with Gasteiger partial charge in [-0.05, 0) is 43.9 Å². The first-order valence-electron chi connectivity index (χ1n) is 6.01. The van der Waals surface area contributed by atoms with Crippen LogP contribution in [0.4, 0.5) is 4.39 Å². The van der Waals surface area contributed by atoms with E-state index in [1.54, 1.807) is 12.1 Å². The van der Waals surface area contributed by atoms with Crippen molar-refractivity contribution in [2.45, 2.75) is 37.8 Å². The number of ether oxygens (including phenoxy) is 1. The molecule has 0 radical (unpaired) electrons. The van der Waals surface area contributed by atoms with E-state index in [-0.39, 0.29) is 17.5 Å². The molecular formula is C13H19FN2O. The van der Waals surface area contributed by atoms with E-state index in [0.717, 1.165) is 31.4 Å². The summed E-state index contributed by atoms with van der Waals surface area (Å²) in [7, 11) is 0. The maximum absolute atomic E-state index is 12.9. The molecule has 0 aromatic heterocycles. The van der Waals surface area contributed by atoms with Gasteiger partial charge in [0.1, 0.15) is 5.82 Å². The van der Waals surface area contributed by atoms with Gasteiger partial charge < -0.3 is 4.74 Å². The van der Waals surface area contributed by atoms with Crippen LogP contribution in [0.1, 0.15) is 37.8 Å². The van der Waals surface area contributed by atoms with E-state index >= 15 is 0 Å². The molecule has 0 bridgehead atoms. The minimum atomic E-state index is -0.315. The summed E-state index contributed by atoms with van der Waals surface area (Å²) >= 11 is 0. The second-order valence-electron chi connectivity index (χ2n) is 4.77. The molecule has 3 N–H and O–H groups in total. The number of rotatable bonds is 3. The van der Waals surface area contributed by atoms with Crippen LogP contribution in [0, 0.1) is 5.82 Å². The fourth-order valence-corrected chi connectivity index (χ4v) is 2.46. The molecule has 1 saturated heterocycles. The summed E-state index contributed by atoms with van der Waals surface area (Å²) < 4.78 is 18.8. The van der Waals surface area contributed by atoms with Gasteiger partial charge in [0, 0.05) is 6.61 Å². The third-order valence-corrected chi connectivity index (χ3v) is 3.48. The Bertz CT molecular complexity index is 360. The molecule has 0 aliphatic carbocycles. The van der Waals surface area contributed by atoms with Crippen molar-refractivity contribution in [2.24, 2.45) is 5.84 Å². The Balaban J connectivity index is 2.22. The van der Waals surface area contributed by atoms with E-state index in [2.05, 4.69) is 12.3 Å². The zero-order valence-corrected chi connectivity index (χ0v) is 10.1. The number of halogens is 1. The van der Waals surface area contributed by atoms with Crippen LogP contribution < -0.4 is 11.3 Å². The molecule has 0 saturated carbocycles. The Morgan fingerprint density at radius 2 is 2.06 bits per heavy atom. The maximum atomic E-state index is 12.9. The highest BCUT2D eigenvalue weighted by Crippen LogP contribution is 2.36. The SMILES string of the molecule is CC1(C(NN)c2ccc(F)cc2)CCCCO1. The van der Waals surface area contributed by atoms with Gasteiger partial charge in [0.05, 0.1) is 11.6 Å². The van der Waals surface area contributed by atoms with Crippen molar-refractivity contribution in [2.75, 3.05) is 6.61 Å². The van der Waals surface area contributed by atoms with Gasteiger partial charge >= 0.3 is 0 Å². The summed E-state index contributed by atoms with van der Waals surface area (Å²) in [4.78, 5) is 0. The largest absolute Gasteiger partial charge is 0.373 e. The number of nitrogens with one attached hydrogen (secondary N) is 1. The number of hydrogen-bond acceptors (Lipinski definition) is 3. The second kappa shape index (κ2) is 5.12. The minimum Gasteiger partial charge on any atom is -0.373 e. The standard InChI is InChI=1S/C13H19FN2O/c1-13(8-2-3-9-17-13)12(16-15)10-4-6-11(14)7-5-10/h4-7,12,16H,2-3,8-9,15H2,1H3. The minimum absolute atomic E-state index is 0.108. The monoisotopic (exact) mass is 238 g/mol. The fraction of sp³-hybridized carbons (Fsp3) is 0.538. The highest BCUT2D eigenvalue weighted by molar-refractivity contribution is 5.23. The zero-order valence-electron chi connectivity index (χ0n) is 10.1. The quantitative estimate of drug-likeness (QED) is 0.627. The van der Waals surface area contributed by atoms with Crippen molar-refractivity contribution < 1.29 is 9.13 Å². The molecule has 1 heterocycles. The molecule has 1 aromatic rings. The summed E-state index contributed by atoms with van der Waals surface area (Å²) in [6.07, 6.45) is 3.19. The van der Waals surface area contributed by atoms with Crippen LogP contribution in [-0.4, -0.2) is 12.2 Å². The van der Waals surface area contributed by atoms with E-state index in [1.165, 1.54) is 12.1 Å². The smallest absolute Gasteiger partial charge is 0.123 e. The van der Waals surface area contributed by atoms with Crippen LogP contribution in [0.5, 0.6) is 0 Å². The van der Waals surface area contributed by atoms with Crippen LogP contribution in [0.25, 0.3) is 0 Å². The van der Waals surface area contributed by atoms with E-state index in [9.17, 15) is 4.39 Å². The lowest BCUT2D eigenvalue weighted by Gasteiger charge is -2.40. The molecular weight excluding hydrogens is 219 g/mol. The molecule has 2 rings (SSSR count). The Kier molecular flexibility index (Phi) is 3.76. The van der Waals surface area contributed by atoms with Gasteiger partial charge in [0.2, 0.25) is 0 Å². The normalized spacial score (nSPS) is 26.8. The lowest BCUT2D eigenvalue weighted by atomic mass is 9.84.